The van der Waals surface area contributed by atoms with Crippen molar-refractivity contribution in [3.63, 3.8) is 0 Å². The number of hydrogen-bond donors (Lipinski definition) is 2. The molecule has 2 aromatic heterocycles. The van der Waals surface area contributed by atoms with E-state index in [-0.39, 0.29) is 22.4 Å². The molecule has 0 amide bonds. The van der Waals surface area contributed by atoms with Crippen LogP contribution in [0.3, 0.4) is 0 Å². The summed E-state index contributed by atoms with van der Waals surface area (Å²) in [6.45, 7) is 3.92. The average Bonchev–Trinajstić information content (AvgIpc) is 3.26. The molecule has 0 atom stereocenters. The maximum Gasteiger partial charge on any atom is 0.351 e. The highest BCUT2D eigenvalue weighted by atomic mass is 32.1. The number of aromatic nitrogens is 3. The SMILES string of the molecule is CCOC(=O)/C(C#N)=c1\s/c(=C\Nc2cccc3cn[nH]c23)c(=O)n1CC. The maximum atomic E-state index is 12.7. The van der Waals surface area contributed by atoms with Crippen LogP contribution in [-0.4, -0.2) is 27.3 Å². The Balaban J connectivity index is 2.13. The number of nitriles is 1. The number of hydrogen-bond acceptors (Lipinski definition) is 7. The van der Waals surface area contributed by atoms with E-state index in [0.717, 1.165) is 27.9 Å². The van der Waals surface area contributed by atoms with Crippen molar-refractivity contribution >= 4 is 45.7 Å². The number of nitrogens with one attached hydrogen (secondary N) is 2. The summed E-state index contributed by atoms with van der Waals surface area (Å²) in [6.07, 6.45) is 3.28. The Bertz CT molecular complexity index is 1210. The van der Waals surface area contributed by atoms with E-state index in [0.29, 0.717) is 11.1 Å². The molecule has 1 aromatic carbocycles. The zero-order valence-corrected chi connectivity index (χ0v) is 15.6. The van der Waals surface area contributed by atoms with Gasteiger partial charge in [0.2, 0.25) is 0 Å². The monoisotopic (exact) mass is 383 g/mol. The van der Waals surface area contributed by atoms with E-state index < -0.39 is 5.97 Å². The molecule has 0 unspecified atom stereocenters. The Morgan fingerprint density at radius 1 is 1.48 bits per heavy atom. The highest BCUT2D eigenvalue weighted by Crippen LogP contribution is 2.20. The number of ether oxygens (including phenoxy) is 1. The Hall–Kier alpha value is -3.38. The highest BCUT2D eigenvalue weighted by Gasteiger charge is 2.16. The van der Waals surface area contributed by atoms with Gasteiger partial charge in [0.25, 0.3) is 5.56 Å². The van der Waals surface area contributed by atoms with Crippen molar-refractivity contribution in [1.29, 1.82) is 5.26 Å². The summed E-state index contributed by atoms with van der Waals surface area (Å²) in [5.74, 6) is -0.731. The number of nitrogens with zero attached hydrogens (tertiary/aromatic N) is 3. The van der Waals surface area contributed by atoms with Crippen LogP contribution < -0.4 is 20.1 Å². The first-order chi connectivity index (χ1) is 13.1. The number of fused-ring (bicyclic) bond motifs is 1. The molecule has 0 radical (unpaired) electrons. The molecule has 3 rings (SSSR count). The molecular weight excluding hydrogens is 366 g/mol. The molecule has 138 valence electrons. The quantitative estimate of drug-likeness (QED) is 0.633. The largest absolute Gasteiger partial charge is 0.462 e. The van der Waals surface area contributed by atoms with Crippen LogP contribution in [0.15, 0.2) is 29.2 Å². The summed E-state index contributed by atoms with van der Waals surface area (Å²) in [5, 5.41) is 20.3. The van der Waals surface area contributed by atoms with Crippen LogP contribution in [0.5, 0.6) is 0 Å². The van der Waals surface area contributed by atoms with Gasteiger partial charge in [-0.2, -0.15) is 10.4 Å². The number of rotatable bonds is 5. The Morgan fingerprint density at radius 3 is 3.00 bits per heavy atom. The van der Waals surface area contributed by atoms with Crippen LogP contribution in [0, 0.1) is 11.3 Å². The van der Waals surface area contributed by atoms with E-state index in [1.165, 1.54) is 4.57 Å². The predicted octanol–water partition coefficient (Wildman–Crippen LogP) is 0.893. The van der Waals surface area contributed by atoms with Gasteiger partial charge in [-0.3, -0.25) is 14.5 Å². The molecule has 0 bridgehead atoms. The third-order valence-corrected chi connectivity index (χ3v) is 4.99. The fraction of sp³-hybridized carbons (Fsp3) is 0.222. The molecule has 8 nitrogen and oxygen atoms in total. The van der Waals surface area contributed by atoms with Crippen LogP contribution in [-0.2, 0) is 16.1 Å². The van der Waals surface area contributed by atoms with Crippen LogP contribution in [0.4, 0.5) is 5.69 Å². The summed E-state index contributed by atoms with van der Waals surface area (Å²) in [7, 11) is 0. The molecule has 0 fully saturated rings. The second kappa shape index (κ2) is 7.88. The molecule has 0 spiro atoms. The van der Waals surface area contributed by atoms with Crippen molar-refractivity contribution in [2.24, 2.45) is 0 Å². The molecule has 2 heterocycles. The minimum absolute atomic E-state index is 0.153. The lowest BCUT2D eigenvalue weighted by molar-refractivity contribution is -0.136. The molecule has 3 aromatic rings. The van der Waals surface area contributed by atoms with Gasteiger partial charge in [-0.05, 0) is 19.9 Å². The lowest BCUT2D eigenvalue weighted by atomic mass is 10.2. The van der Waals surface area contributed by atoms with E-state index >= 15 is 0 Å². The van der Waals surface area contributed by atoms with E-state index in [2.05, 4.69) is 15.5 Å². The smallest absolute Gasteiger partial charge is 0.351 e. The fourth-order valence-electron chi connectivity index (χ4n) is 2.61. The van der Waals surface area contributed by atoms with Crippen molar-refractivity contribution in [3.05, 3.63) is 43.9 Å². The predicted molar refractivity (Wildman–Crippen MR) is 103 cm³/mol. The Kier molecular flexibility index (Phi) is 5.38. The molecule has 27 heavy (non-hydrogen) atoms. The molecule has 9 heteroatoms. The number of carbonyl (C=O) groups is 1. The topological polar surface area (TPSA) is 113 Å². The normalized spacial score (nSPS) is 12.7. The van der Waals surface area contributed by atoms with Gasteiger partial charge in [0.05, 0.1) is 24.0 Å². The van der Waals surface area contributed by atoms with Crippen molar-refractivity contribution in [2.45, 2.75) is 20.4 Å². The summed E-state index contributed by atoms with van der Waals surface area (Å²) < 4.78 is 6.98. The first-order valence-corrected chi connectivity index (χ1v) is 9.12. The van der Waals surface area contributed by atoms with Gasteiger partial charge in [-0.1, -0.05) is 12.1 Å². The van der Waals surface area contributed by atoms with Crippen molar-refractivity contribution < 1.29 is 9.53 Å². The Labute approximate surface area is 158 Å². The van der Waals surface area contributed by atoms with Crippen molar-refractivity contribution in [2.75, 3.05) is 11.9 Å². The molecule has 0 aliphatic heterocycles. The van der Waals surface area contributed by atoms with Crippen LogP contribution in [0.2, 0.25) is 0 Å². The first-order valence-electron chi connectivity index (χ1n) is 8.30. The van der Waals surface area contributed by atoms with Crippen LogP contribution >= 0.6 is 11.3 Å². The minimum Gasteiger partial charge on any atom is -0.462 e. The number of esters is 1. The van der Waals surface area contributed by atoms with Gasteiger partial charge in [0.1, 0.15) is 15.3 Å². The van der Waals surface area contributed by atoms with Gasteiger partial charge < -0.3 is 10.1 Å². The maximum absolute atomic E-state index is 12.7. The number of carbonyl (C=O) groups excluding carboxylic acids is 1. The summed E-state index contributed by atoms with van der Waals surface area (Å²) in [5.41, 5.74) is 1.13. The number of anilines is 1. The first kappa shape index (κ1) is 18.4. The van der Waals surface area contributed by atoms with Crippen LogP contribution in [0.25, 0.3) is 22.7 Å². The molecule has 0 saturated carbocycles. The summed E-state index contributed by atoms with van der Waals surface area (Å²) in [4.78, 5) is 24.7. The van der Waals surface area contributed by atoms with E-state index in [4.69, 9.17) is 4.74 Å². The minimum atomic E-state index is -0.731. The second-order valence-electron chi connectivity index (χ2n) is 5.46. The number of benzene rings is 1. The highest BCUT2D eigenvalue weighted by molar-refractivity contribution is 7.07. The zero-order valence-electron chi connectivity index (χ0n) is 14.8. The zero-order chi connectivity index (χ0) is 19.4. The van der Waals surface area contributed by atoms with Crippen LogP contribution in [0.1, 0.15) is 13.8 Å². The number of para-hydroxylation sites is 1. The number of aromatic amines is 1. The van der Waals surface area contributed by atoms with E-state index in [9.17, 15) is 14.9 Å². The third kappa shape index (κ3) is 3.47. The van der Waals surface area contributed by atoms with Gasteiger partial charge in [0.15, 0.2) is 5.57 Å². The molecule has 0 aliphatic rings. The van der Waals surface area contributed by atoms with Crippen molar-refractivity contribution in [3.8, 4) is 6.07 Å². The second-order valence-corrected chi connectivity index (χ2v) is 6.49. The van der Waals surface area contributed by atoms with E-state index in [1.807, 2.05) is 24.3 Å². The summed E-state index contributed by atoms with van der Waals surface area (Å²) >= 11 is 1.07. The van der Waals surface area contributed by atoms with Crippen molar-refractivity contribution in [1.82, 2.24) is 14.8 Å². The van der Waals surface area contributed by atoms with Gasteiger partial charge in [-0.25, -0.2) is 4.79 Å². The average molecular weight is 383 g/mol. The van der Waals surface area contributed by atoms with Gasteiger partial charge in [-0.15, -0.1) is 11.3 Å². The van der Waals surface area contributed by atoms with Gasteiger partial charge >= 0.3 is 5.97 Å². The molecule has 0 aliphatic carbocycles. The molecular formula is C18H17N5O3S. The molecule has 2 N–H and O–H groups in total. The lowest BCUT2D eigenvalue weighted by Crippen LogP contribution is -2.32. The lowest BCUT2D eigenvalue weighted by Gasteiger charge is -2.00. The summed E-state index contributed by atoms with van der Waals surface area (Å²) in [6, 6.07) is 7.51. The Morgan fingerprint density at radius 2 is 2.30 bits per heavy atom. The standard InChI is InChI=1S/C18H17N5O3S/c1-3-23-16(24)14(27-17(23)12(8-19)18(25)26-4-2)10-20-13-7-5-6-11-9-21-22-15(11)13/h5-7,9-10,20H,3-4H2,1-2H3,(H,21,22)/b14-10-,17-12-. The van der Waals surface area contributed by atoms with E-state index in [1.54, 1.807) is 26.2 Å². The fourth-order valence-corrected chi connectivity index (χ4v) is 3.69. The molecule has 0 saturated heterocycles. The van der Waals surface area contributed by atoms with Gasteiger partial charge in [0, 0.05) is 18.1 Å². The third-order valence-electron chi connectivity index (χ3n) is 3.86. The number of thiazole rings is 1. The number of H-pyrrole nitrogens is 1.